The van der Waals surface area contributed by atoms with Crippen molar-refractivity contribution in [3.8, 4) is 0 Å². The lowest BCUT2D eigenvalue weighted by Gasteiger charge is -2.18. The van der Waals surface area contributed by atoms with Crippen LogP contribution in [0.5, 0.6) is 0 Å². The molecule has 1 aromatic heterocycles. The first-order chi connectivity index (χ1) is 8.94. The molecule has 0 atom stereocenters. The number of rotatable bonds is 4. The van der Waals surface area contributed by atoms with Crippen molar-refractivity contribution in [2.45, 2.75) is 37.0 Å². The molecule has 0 aliphatic heterocycles. The van der Waals surface area contributed by atoms with Gasteiger partial charge in [-0.1, -0.05) is 23.7 Å². The predicted octanol–water partition coefficient (Wildman–Crippen LogP) is 4.69. The summed E-state index contributed by atoms with van der Waals surface area (Å²) in [6.07, 6.45) is 0. The van der Waals surface area contributed by atoms with Gasteiger partial charge in [0.05, 0.1) is 10.8 Å². The second-order valence-electron chi connectivity index (χ2n) is 5.11. The van der Waals surface area contributed by atoms with Crippen molar-refractivity contribution in [1.82, 2.24) is 9.36 Å². The molecule has 0 saturated heterocycles. The Hall–Kier alpha value is -0.780. The minimum absolute atomic E-state index is 0.00663. The molecule has 2 aromatic rings. The largest absolute Gasteiger partial charge is 0.356 e. The monoisotopic (exact) mass is 313 g/mol. The van der Waals surface area contributed by atoms with Crippen molar-refractivity contribution in [1.29, 1.82) is 0 Å². The Morgan fingerprint density at radius 1 is 1.32 bits per heavy atom. The summed E-state index contributed by atoms with van der Waals surface area (Å²) in [6, 6.07) is 7.81. The van der Waals surface area contributed by atoms with E-state index in [-0.39, 0.29) is 5.54 Å². The van der Waals surface area contributed by atoms with Gasteiger partial charge in [0.2, 0.25) is 5.13 Å². The standard InChI is InChI=1S/C13H16ClN3S2/c1-13(2,3)16-12-15-11(17-19-12)8-18-10-7-5-4-6-9(10)14/h4-7H,8H2,1-3H3,(H,15,16,17). The Balaban J connectivity index is 1.96. The van der Waals surface area contributed by atoms with Crippen LogP contribution >= 0.6 is 34.9 Å². The summed E-state index contributed by atoms with van der Waals surface area (Å²) in [4.78, 5) is 5.53. The van der Waals surface area contributed by atoms with Crippen molar-refractivity contribution in [2.24, 2.45) is 0 Å². The Morgan fingerprint density at radius 2 is 2.05 bits per heavy atom. The minimum atomic E-state index is 0.00663. The first-order valence-corrected chi connectivity index (χ1v) is 8.06. The lowest BCUT2D eigenvalue weighted by atomic mass is 10.1. The molecule has 1 heterocycles. The number of thioether (sulfide) groups is 1. The number of nitrogens with one attached hydrogen (secondary N) is 1. The van der Waals surface area contributed by atoms with E-state index in [4.69, 9.17) is 11.6 Å². The fourth-order valence-electron chi connectivity index (χ4n) is 1.39. The van der Waals surface area contributed by atoms with Crippen molar-refractivity contribution in [2.75, 3.05) is 5.32 Å². The van der Waals surface area contributed by atoms with Gasteiger partial charge in [-0.25, -0.2) is 4.98 Å². The number of hydrogen-bond acceptors (Lipinski definition) is 5. The van der Waals surface area contributed by atoms with Gasteiger partial charge in [0.15, 0.2) is 5.82 Å². The van der Waals surface area contributed by atoms with Crippen molar-refractivity contribution in [3.63, 3.8) is 0 Å². The summed E-state index contributed by atoms with van der Waals surface area (Å²) >= 11 is 9.16. The highest BCUT2D eigenvalue weighted by Gasteiger charge is 2.13. The minimum Gasteiger partial charge on any atom is -0.356 e. The summed E-state index contributed by atoms with van der Waals surface area (Å²) in [5, 5.41) is 4.96. The van der Waals surface area contributed by atoms with E-state index in [9.17, 15) is 0 Å². The SMILES string of the molecule is CC(C)(C)Nc1nc(CSc2ccccc2Cl)ns1. The Bertz CT molecular complexity index is 549. The smallest absolute Gasteiger partial charge is 0.203 e. The predicted molar refractivity (Wildman–Crippen MR) is 84.3 cm³/mol. The average Bonchev–Trinajstić information content (AvgIpc) is 2.73. The quantitative estimate of drug-likeness (QED) is 0.831. The molecule has 3 nitrogen and oxygen atoms in total. The third-order valence-corrected chi connectivity index (χ3v) is 4.32. The number of halogens is 1. The second-order valence-corrected chi connectivity index (χ2v) is 7.29. The first kappa shape index (κ1) is 14.6. The van der Waals surface area contributed by atoms with E-state index in [1.807, 2.05) is 24.3 Å². The van der Waals surface area contributed by atoms with Gasteiger partial charge in [-0.05, 0) is 32.9 Å². The van der Waals surface area contributed by atoms with E-state index < -0.39 is 0 Å². The van der Waals surface area contributed by atoms with E-state index >= 15 is 0 Å². The highest BCUT2D eigenvalue weighted by Crippen LogP contribution is 2.29. The lowest BCUT2D eigenvalue weighted by molar-refractivity contribution is 0.633. The van der Waals surface area contributed by atoms with Crippen molar-refractivity contribution in [3.05, 3.63) is 35.1 Å². The fraction of sp³-hybridized carbons (Fsp3) is 0.385. The molecule has 0 amide bonds. The molecule has 0 bridgehead atoms. The van der Waals surface area contributed by atoms with Crippen LogP contribution in [0.4, 0.5) is 5.13 Å². The van der Waals surface area contributed by atoms with Gasteiger partial charge in [-0.3, -0.25) is 0 Å². The molecule has 0 aliphatic rings. The van der Waals surface area contributed by atoms with Crippen molar-refractivity contribution >= 4 is 40.0 Å². The molecule has 19 heavy (non-hydrogen) atoms. The normalized spacial score (nSPS) is 11.6. The molecular weight excluding hydrogens is 298 g/mol. The molecule has 1 aromatic carbocycles. The third kappa shape index (κ3) is 4.67. The van der Waals surface area contributed by atoms with E-state index in [2.05, 4.69) is 35.4 Å². The Labute approximate surface area is 127 Å². The molecule has 0 aliphatic carbocycles. The lowest BCUT2D eigenvalue weighted by Crippen LogP contribution is -2.25. The maximum atomic E-state index is 6.11. The zero-order valence-electron chi connectivity index (χ0n) is 11.1. The van der Waals surface area contributed by atoms with E-state index in [1.54, 1.807) is 11.8 Å². The van der Waals surface area contributed by atoms with Gasteiger partial charge in [0.1, 0.15) is 0 Å². The molecule has 0 spiro atoms. The van der Waals surface area contributed by atoms with Crippen LogP contribution in [0.3, 0.4) is 0 Å². The van der Waals surface area contributed by atoms with Crippen molar-refractivity contribution < 1.29 is 0 Å². The highest BCUT2D eigenvalue weighted by atomic mass is 35.5. The molecule has 1 N–H and O–H groups in total. The van der Waals surface area contributed by atoms with Crippen LogP contribution in [0, 0.1) is 0 Å². The molecular formula is C13H16ClN3S2. The van der Waals surface area contributed by atoms with E-state index in [0.29, 0.717) is 0 Å². The second kappa shape index (κ2) is 6.11. The van der Waals surface area contributed by atoms with Crippen LogP contribution in [0.25, 0.3) is 0 Å². The average molecular weight is 314 g/mol. The maximum absolute atomic E-state index is 6.11. The summed E-state index contributed by atoms with van der Waals surface area (Å²) in [5.74, 6) is 1.56. The molecule has 0 saturated carbocycles. The van der Waals surface area contributed by atoms with Crippen LogP contribution < -0.4 is 5.32 Å². The molecule has 0 unspecified atom stereocenters. The van der Waals surface area contributed by atoms with Crippen LogP contribution in [0.1, 0.15) is 26.6 Å². The molecule has 6 heteroatoms. The van der Waals surface area contributed by atoms with E-state index in [1.165, 1.54) is 11.5 Å². The van der Waals surface area contributed by atoms with Gasteiger partial charge >= 0.3 is 0 Å². The number of nitrogens with zero attached hydrogens (tertiary/aromatic N) is 2. The van der Waals surface area contributed by atoms with Gasteiger partial charge in [-0.2, -0.15) is 4.37 Å². The molecule has 2 rings (SSSR count). The first-order valence-electron chi connectivity index (χ1n) is 5.92. The molecule has 102 valence electrons. The summed E-state index contributed by atoms with van der Waals surface area (Å²) in [7, 11) is 0. The fourth-order valence-corrected chi connectivity index (χ4v) is 3.36. The highest BCUT2D eigenvalue weighted by molar-refractivity contribution is 7.98. The number of aromatic nitrogens is 2. The molecule has 0 fully saturated rings. The Morgan fingerprint density at radius 3 is 2.74 bits per heavy atom. The Kier molecular flexibility index (Phi) is 4.71. The van der Waals surface area contributed by atoms with Gasteiger partial charge in [0.25, 0.3) is 0 Å². The summed E-state index contributed by atoms with van der Waals surface area (Å²) in [5.41, 5.74) is 0.00663. The van der Waals surface area contributed by atoms with Crippen LogP contribution in [-0.2, 0) is 5.75 Å². The maximum Gasteiger partial charge on any atom is 0.203 e. The van der Waals surface area contributed by atoms with Gasteiger partial charge < -0.3 is 5.32 Å². The van der Waals surface area contributed by atoms with Crippen LogP contribution in [0.15, 0.2) is 29.2 Å². The number of hydrogen-bond donors (Lipinski definition) is 1. The molecule has 0 radical (unpaired) electrons. The zero-order chi connectivity index (χ0) is 13.9. The summed E-state index contributed by atoms with van der Waals surface area (Å²) in [6.45, 7) is 6.31. The van der Waals surface area contributed by atoms with Crippen LogP contribution in [0.2, 0.25) is 5.02 Å². The van der Waals surface area contributed by atoms with Crippen LogP contribution in [-0.4, -0.2) is 14.9 Å². The van der Waals surface area contributed by atoms with Gasteiger partial charge in [-0.15, -0.1) is 11.8 Å². The topological polar surface area (TPSA) is 37.8 Å². The number of benzene rings is 1. The number of anilines is 1. The zero-order valence-corrected chi connectivity index (χ0v) is 13.5. The van der Waals surface area contributed by atoms with E-state index in [0.717, 1.165) is 26.6 Å². The summed E-state index contributed by atoms with van der Waals surface area (Å²) < 4.78 is 4.35. The van der Waals surface area contributed by atoms with Gasteiger partial charge in [0, 0.05) is 22.0 Å². The third-order valence-electron chi connectivity index (χ3n) is 2.14.